The molecule has 0 fully saturated rings. The molecule has 0 aromatic heterocycles. The van der Waals surface area contributed by atoms with Crippen molar-refractivity contribution in [1.82, 2.24) is 10.2 Å². The SMILES string of the molecule is CC[C@H](C)NC(=O)[C@H](C)N(CCc1ccccc1)C(=O)CN(c1ccc(C)cc1)S(=O)(=O)c1ccc(Cl)cc1. The summed E-state index contributed by atoms with van der Waals surface area (Å²) >= 11 is 5.99. The van der Waals surface area contributed by atoms with Crippen LogP contribution in [0.2, 0.25) is 5.02 Å². The Morgan fingerprint density at radius 3 is 2.13 bits per heavy atom. The van der Waals surface area contributed by atoms with Crippen molar-refractivity contribution in [3.63, 3.8) is 0 Å². The van der Waals surface area contributed by atoms with Gasteiger partial charge in [-0.25, -0.2) is 8.42 Å². The number of benzene rings is 3. The monoisotopic (exact) mass is 569 g/mol. The van der Waals surface area contributed by atoms with Crippen molar-refractivity contribution in [2.45, 2.75) is 57.5 Å². The Balaban J connectivity index is 1.96. The van der Waals surface area contributed by atoms with Crippen LogP contribution in [0.4, 0.5) is 5.69 Å². The van der Waals surface area contributed by atoms with Gasteiger partial charge < -0.3 is 10.2 Å². The summed E-state index contributed by atoms with van der Waals surface area (Å²) in [6.45, 7) is 7.22. The Bertz CT molecular complexity index is 1350. The average Bonchev–Trinajstić information content (AvgIpc) is 2.93. The number of hydrogen-bond donors (Lipinski definition) is 1. The normalized spacial score (nSPS) is 12.8. The predicted molar refractivity (Wildman–Crippen MR) is 156 cm³/mol. The average molecular weight is 570 g/mol. The second-order valence-electron chi connectivity index (χ2n) is 9.62. The van der Waals surface area contributed by atoms with Crippen LogP contribution in [0.15, 0.2) is 83.8 Å². The summed E-state index contributed by atoms with van der Waals surface area (Å²) in [7, 11) is -4.12. The zero-order valence-electron chi connectivity index (χ0n) is 22.8. The highest BCUT2D eigenvalue weighted by Crippen LogP contribution is 2.25. The number of rotatable bonds is 12. The fraction of sp³-hybridized carbons (Fsp3) is 0.333. The molecule has 0 spiro atoms. The standard InChI is InChI=1S/C30H36ClN3O4S/c1-5-23(3)32-30(36)24(4)33(20-19-25-9-7-6-8-10-25)29(35)21-34(27-15-11-22(2)12-16-27)39(37,38)28-17-13-26(31)14-18-28/h6-18,23-24H,5,19-21H2,1-4H3,(H,32,36)/t23-,24-/m0/s1. The Labute approximate surface area is 236 Å². The van der Waals surface area contributed by atoms with Crippen LogP contribution in [0.1, 0.15) is 38.3 Å². The predicted octanol–water partition coefficient (Wildman–Crippen LogP) is 5.22. The fourth-order valence-electron chi connectivity index (χ4n) is 4.01. The van der Waals surface area contributed by atoms with E-state index in [2.05, 4.69) is 5.32 Å². The molecule has 0 aliphatic carbocycles. The van der Waals surface area contributed by atoms with Gasteiger partial charge in [-0.3, -0.25) is 13.9 Å². The molecule has 0 unspecified atom stereocenters. The molecular formula is C30H36ClN3O4S. The molecule has 39 heavy (non-hydrogen) atoms. The lowest BCUT2D eigenvalue weighted by Gasteiger charge is -2.32. The van der Waals surface area contributed by atoms with E-state index in [4.69, 9.17) is 11.6 Å². The highest BCUT2D eigenvalue weighted by atomic mass is 35.5. The van der Waals surface area contributed by atoms with Crippen LogP contribution in [0.5, 0.6) is 0 Å². The minimum absolute atomic E-state index is 0.0127. The van der Waals surface area contributed by atoms with Crippen molar-refractivity contribution >= 4 is 39.1 Å². The number of carbonyl (C=O) groups excluding carboxylic acids is 2. The van der Waals surface area contributed by atoms with E-state index in [1.54, 1.807) is 31.2 Å². The van der Waals surface area contributed by atoms with Gasteiger partial charge in [-0.2, -0.15) is 0 Å². The van der Waals surface area contributed by atoms with Crippen molar-refractivity contribution in [2.75, 3.05) is 17.4 Å². The molecule has 0 bridgehead atoms. The Morgan fingerprint density at radius 1 is 0.923 bits per heavy atom. The van der Waals surface area contributed by atoms with Gasteiger partial charge in [-0.05, 0) is 75.6 Å². The summed E-state index contributed by atoms with van der Waals surface area (Å²) < 4.78 is 28.7. The number of nitrogens with one attached hydrogen (secondary N) is 1. The van der Waals surface area contributed by atoms with Gasteiger partial charge in [0.25, 0.3) is 10.0 Å². The number of halogens is 1. The zero-order valence-corrected chi connectivity index (χ0v) is 24.4. The topological polar surface area (TPSA) is 86.8 Å². The van der Waals surface area contributed by atoms with Crippen molar-refractivity contribution in [3.8, 4) is 0 Å². The molecule has 0 heterocycles. The molecule has 3 aromatic carbocycles. The van der Waals surface area contributed by atoms with E-state index in [-0.39, 0.29) is 23.4 Å². The van der Waals surface area contributed by atoms with Crippen molar-refractivity contribution in [2.24, 2.45) is 0 Å². The molecule has 1 N–H and O–H groups in total. The summed E-state index contributed by atoms with van der Waals surface area (Å²) in [6, 6.07) is 21.5. The quantitative estimate of drug-likeness (QED) is 0.324. The summed E-state index contributed by atoms with van der Waals surface area (Å²) in [5.41, 5.74) is 2.31. The van der Waals surface area contributed by atoms with Gasteiger partial charge in [0.2, 0.25) is 11.8 Å². The molecule has 3 rings (SSSR count). The molecule has 0 aliphatic rings. The van der Waals surface area contributed by atoms with E-state index < -0.39 is 28.5 Å². The van der Waals surface area contributed by atoms with Gasteiger partial charge in [0.15, 0.2) is 0 Å². The Hall–Kier alpha value is -3.36. The van der Waals surface area contributed by atoms with Crippen LogP contribution in [0.25, 0.3) is 0 Å². The Morgan fingerprint density at radius 2 is 1.54 bits per heavy atom. The molecule has 9 heteroatoms. The maximum atomic E-state index is 13.9. The second-order valence-corrected chi connectivity index (χ2v) is 11.9. The lowest BCUT2D eigenvalue weighted by Crippen LogP contribution is -2.53. The van der Waals surface area contributed by atoms with Gasteiger partial charge >= 0.3 is 0 Å². The third-order valence-electron chi connectivity index (χ3n) is 6.65. The van der Waals surface area contributed by atoms with E-state index >= 15 is 0 Å². The van der Waals surface area contributed by atoms with Gasteiger partial charge in [-0.1, -0.05) is 66.6 Å². The fourth-order valence-corrected chi connectivity index (χ4v) is 5.55. The van der Waals surface area contributed by atoms with Crippen molar-refractivity contribution in [1.29, 1.82) is 0 Å². The van der Waals surface area contributed by atoms with E-state index in [1.165, 1.54) is 29.2 Å². The lowest BCUT2D eigenvalue weighted by molar-refractivity contribution is -0.139. The molecule has 0 aliphatic heterocycles. The number of nitrogens with zero attached hydrogens (tertiary/aromatic N) is 2. The van der Waals surface area contributed by atoms with Crippen molar-refractivity contribution < 1.29 is 18.0 Å². The summed E-state index contributed by atoms with van der Waals surface area (Å²) in [5, 5.41) is 3.34. The molecule has 0 saturated carbocycles. The number of carbonyl (C=O) groups is 2. The molecule has 0 saturated heterocycles. The van der Waals surface area contributed by atoms with Crippen LogP contribution in [-0.4, -0.2) is 50.3 Å². The van der Waals surface area contributed by atoms with Crippen LogP contribution >= 0.6 is 11.6 Å². The van der Waals surface area contributed by atoms with Crippen LogP contribution in [-0.2, 0) is 26.0 Å². The summed E-state index contributed by atoms with van der Waals surface area (Å²) in [6.07, 6.45) is 1.26. The molecule has 208 valence electrons. The minimum atomic E-state index is -4.12. The zero-order chi connectivity index (χ0) is 28.6. The van der Waals surface area contributed by atoms with Crippen LogP contribution in [0.3, 0.4) is 0 Å². The molecule has 2 amide bonds. The lowest BCUT2D eigenvalue weighted by atomic mass is 10.1. The third-order valence-corrected chi connectivity index (χ3v) is 8.70. The number of hydrogen-bond acceptors (Lipinski definition) is 4. The number of aryl methyl sites for hydroxylation is 1. The molecular weight excluding hydrogens is 534 g/mol. The summed E-state index contributed by atoms with van der Waals surface area (Å²) in [5.74, 6) is -0.760. The molecule has 0 radical (unpaired) electrons. The van der Waals surface area contributed by atoms with E-state index in [1.807, 2.05) is 51.1 Å². The maximum Gasteiger partial charge on any atom is 0.264 e. The van der Waals surface area contributed by atoms with Crippen LogP contribution < -0.4 is 9.62 Å². The number of anilines is 1. The first-order valence-electron chi connectivity index (χ1n) is 13.0. The van der Waals surface area contributed by atoms with E-state index in [9.17, 15) is 18.0 Å². The molecule has 2 atom stereocenters. The number of sulfonamides is 1. The first kappa shape index (κ1) is 30.2. The van der Waals surface area contributed by atoms with E-state index in [0.717, 1.165) is 21.9 Å². The maximum absolute atomic E-state index is 13.9. The van der Waals surface area contributed by atoms with Gasteiger partial charge in [0, 0.05) is 17.6 Å². The highest BCUT2D eigenvalue weighted by molar-refractivity contribution is 7.92. The highest BCUT2D eigenvalue weighted by Gasteiger charge is 2.32. The minimum Gasteiger partial charge on any atom is -0.352 e. The number of amides is 2. The molecule has 3 aromatic rings. The smallest absolute Gasteiger partial charge is 0.264 e. The molecule has 7 nitrogen and oxygen atoms in total. The van der Waals surface area contributed by atoms with E-state index in [0.29, 0.717) is 17.1 Å². The van der Waals surface area contributed by atoms with Gasteiger partial charge in [0.05, 0.1) is 10.6 Å². The first-order chi connectivity index (χ1) is 18.5. The van der Waals surface area contributed by atoms with Crippen molar-refractivity contribution in [3.05, 3.63) is 95.0 Å². The van der Waals surface area contributed by atoms with Gasteiger partial charge in [0.1, 0.15) is 12.6 Å². The first-order valence-corrected chi connectivity index (χ1v) is 14.8. The largest absolute Gasteiger partial charge is 0.352 e. The van der Waals surface area contributed by atoms with Gasteiger partial charge in [-0.15, -0.1) is 0 Å². The Kier molecular flexibility index (Phi) is 10.5. The second kappa shape index (κ2) is 13.6. The van der Waals surface area contributed by atoms with Crippen LogP contribution in [0, 0.1) is 6.92 Å². The third kappa shape index (κ3) is 8.07. The summed E-state index contributed by atoms with van der Waals surface area (Å²) in [4.78, 5) is 28.4.